The lowest BCUT2D eigenvalue weighted by molar-refractivity contribution is 0.0697. The van der Waals surface area contributed by atoms with Crippen molar-refractivity contribution in [2.75, 3.05) is 0 Å². The van der Waals surface area contributed by atoms with Crippen LogP contribution in [-0.4, -0.2) is 25.8 Å². The van der Waals surface area contributed by atoms with Crippen LogP contribution in [0.5, 0.6) is 0 Å². The molecule has 0 amide bonds. The molecule has 0 aromatic carbocycles. The Kier molecular flexibility index (Phi) is 2.51. The van der Waals surface area contributed by atoms with Gasteiger partial charge in [-0.15, -0.1) is 0 Å². The highest BCUT2D eigenvalue weighted by molar-refractivity contribution is 9.10. The third-order valence-corrected chi connectivity index (χ3v) is 2.22. The van der Waals surface area contributed by atoms with Crippen LogP contribution in [0.2, 0.25) is 0 Å². The van der Waals surface area contributed by atoms with Crippen molar-refractivity contribution in [3.63, 3.8) is 0 Å². The Labute approximate surface area is 93.5 Å². The van der Waals surface area contributed by atoms with E-state index in [1.807, 2.05) is 0 Å². The first-order valence-electron chi connectivity index (χ1n) is 4.06. The minimum Gasteiger partial charge on any atom is -0.478 e. The van der Waals surface area contributed by atoms with Gasteiger partial charge in [0.15, 0.2) is 0 Å². The minimum atomic E-state index is -0.996. The summed E-state index contributed by atoms with van der Waals surface area (Å²) in [5.74, 6) is -0.996. The van der Waals surface area contributed by atoms with Crippen molar-refractivity contribution in [3.8, 4) is 5.69 Å². The molecule has 1 N–H and O–H groups in total. The number of carboxylic acids is 1. The Morgan fingerprint density at radius 3 is 2.80 bits per heavy atom. The van der Waals surface area contributed by atoms with Crippen LogP contribution in [-0.2, 0) is 0 Å². The Hall–Kier alpha value is -1.69. The third kappa shape index (κ3) is 2.04. The zero-order valence-corrected chi connectivity index (χ0v) is 9.05. The third-order valence-electron chi connectivity index (χ3n) is 1.78. The number of carbonyl (C=O) groups is 1. The Balaban J connectivity index is 2.41. The summed E-state index contributed by atoms with van der Waals surface area (Å²) in [4.78, 5) is 14.6. The van der Waals surface area contributed by atoms with Gasteiger partial charge in [-0.1, -0.05) is 0 Å². The topological polar surface area (TPSA) is 68.0 Å². The van der Waals surface area contributed by atoms with Gasteiger partial charge in [0, 0.05) is 16.9 Å². The van der Waals surface area contributed by atoms with Crippen LogP contribution in [0.1, 0.15) is 10.4 Å². The van der Waals surface area contributed by atoms with Gasteiger partial charge in [-0.05, 0) is 22.0 Å². The summed E-state index contributed by atoms with van der Waals surface area (Å²) in [6.45, 7) is 0. The number of aromatic carboxylic acids is 1. The normalized spacial score (nSPS) is 10.2. The van der Waals surface area contributed by atoms with E-state index in [9.17, 15) is 4.79 Å². The molecule has 0 radical (unpaired) electrons. The molecular formula is C9H6BrN3O2. The van der Waals surface area contributed by atoms with Crippen molar-refractivity contribution in [2.45, 2.75) is 0 Å². The molecule has 0 unspecified atom stereocenters. The number of pyridine rings is 1. The van der Waals surface area contributed by atoms with Gasteiger partial charge in [0.25, 0.3) is 0 Å². The van der Waals surface area contributed by atoms with Crippen LogP contribution in [0.25, 0.3) is 5.69 Å². The number of nitrogens with zero attached hydrogens (tertiary/aromatic N) is 3. The van der Waals surface area contributed by atoms with Crippen LogP contribution < -0.4 is 0 Å². The lowest BCUT2D eigenvalue weighted by Gasteiger charge is -1.99. The quantitative estimate of drug-likeness (QED) is 0.900. The van der Waals surface area contributed by atoms with Crippen molar-refractivity contribution < 1.29 is 9.90 Å². The summed E-state index contributed by atoms with van der Waals surface area (Å²) in [6.07, 6.45) is 5.98. The van der Waals surface area contributed by atoms with E-state index in [0.29, 0.717) is 5.69 Å². The fourth-order valence-electron chi connectivity index (χ4n) is 1.10. The number of hydrogen-bond donors (Lipinski definition) is 1. The molecule has 5 nitrogen and oxygen atoms in total. The summed E-state index contributed by atoms with van der Waals surface area (Å²) in [5, 5.41) is 12.6. The molecule has 2 rings (SSSR count). The average Bonchev–Trinajstić information content (AvgIpc) is 2.66. The van der Waals surface area contributed by atoms with E-state index in [2.05, 4.69) is 26.0 Å². The molecular weight excluding hydrogens is 262 g/mol. The maximum Gasteiger partial charge on any atom is 0.338 e. The molecule has 0 bridgehead atoms. The van der Waals surface area contributed by atoms with Gasteiger partial charge in [-0.2, -0.15) is 5.10 Å². The average molecular weight is 268 g/mol. The Morgan fingerprint density at radius 1 is 1.40 bits per heavy atom. The van der Waals surface area contributed by atoms with Crippen molar-refractivity contribution >= 4 is 21.9 Å². The zero-order valence-electron chi connectivity index (χ0n) is 7.46. The largest absolute Gasteiger partial charge is 0.478 e. The van der Waals surface area contributed by atoms with Crippen LogP contribution in [0.4, 0.5) is 0 Å². The monoisotopic (exact) mass is 267 g/mol. The first kappa shape index (κ1) is 9.85. The molecule has 76 valence electrons. The second-order valence-electron chi connectivity index (χ2n) is 2.84. The molecule has 0 aliphatic rings. The van der Waals surface area contributed by atoms with E-state index >= 15 is 0 Å². The van der Waals surface area contributed by atoms with E-state index < -0.39 is 5.97 Å². The fourth-order valence-corrected chi connectivity index (χ4v) is 1.45. The van der Waals surface area contributed by atoms with Gasteiger partial charge in [-0.25, -0.2) is 9.48 Å². The van der Waals surface area contributed by atoms with Gasteiger partial charge in [0.1, 0.15) is 0 Å². The first-order valence-corrected chi connectivity index (χ1v) is 4.85. The number of aromatic nitrogens is 3. The molecule has 2 aromatic rings. The summed E-state index contributed by atoms with van der Waals surface area (Å²) in [6, 6.07) is 1.80. The van der Waals surface area contributed by atoms with Crippen molar-refractivity contribution in [1.29, 1.82) is 0 Å². The maximum atomic E-state index is 10.6. The second-order valence-corrected chi connectivity index (χ2v) is 3.76. The summed E-state index contributed by atoms with van der Waals surface area (Å²) in [7, 11) is 0. The Morgan fingerprint density at radius 2 is 2.20 bits per heavy atom. The molecule has 2 aromatic heterocycles. The number of halogens is 1. The highest BCUT2D eigenvalue weighted by Gasteiger charge is 2.07. The molecule has 0 atom stereocenters. The van der Waals surface area contributed by atoms with Gasteiger partial charge in [0.2, 0.25) is 0 Å². The molecule has 2 heterocycles. The molecule has 0 aliphatic heterocycles. The van der Waals surface area contributed by atoms with Gasteiger partial charge >= 0.3 is 5.97 Å². The lowest BCUT2D eigenvalue weighted by atomic mass is 10.4. The second kappa shape index (κ2) is 3.82. The highest BCUT2D eigenvalue weighted by Crippen LogP contribution is 2.13. The van der Waals surface area contributed by atoms with E-state index in [0.717, 1.165) is 4.47 Å². The zero-order chi connectivity index (χ0) is 10.8. The van der Waals surface area contributed by atoms with Gasteiger partial charge in [-0.3, -0.25) is 4.98 Å². The molecule has 6 heteroatoms. The molecule has 0 aliphatic carbocycles. The molecule has 0 fully saturated rings. The van der Waals surface area contributed by atoms with E-state index in [4.69, 9.17) is 5.11 Å². The predicted octanol–water partition coefficient (Wildman–Crippen LogP) is 1.73. The van der Waals surface area contributed by atoms with Crippen molar-refractivity contribution in [1.82, 2.24) is 14.8 Å². The van der Waals surface area contributed by atoms with Crippen LogP contribution in [0.3, 0.4) is 0 Å². The standard InChI is InChI=1S/C9H6BrN3O2/c10-7-1-8(4-11-3-7)13-5-6(2-12-13)9(14)15/h1-5H,(H,14,15). The van der Waals surface area contributed by atoms with Crippen molar-refractivity contribution in [2.24, 2.45) is 0 Å². The van der Waals surface area contributed by atoms with Crippen LogP contribution in [0, 0.1) is 0 Å². The summed E-state index contributed by atoms with van der Waals surface area (Å²) >= 11 is 3.28. The number of carboxylic acid groups (broad SMARTS) is 1. The van der Waals surface area contributed by atoms with E-state index in [-0.39, 0.29) is 5.56 Å². The molecule has 0 spiro atoms. The summed E-state index contributed by atoms with van der Waals surface area (Å²) < 4.78 is 2.27. The predicted molar refractivity (Wildman–Crippen MR) is 56.0 cm³/mol. The summed E-state index contributed by atoms with van der Waals surface area (Å²) in [5.41, 5.74) is 0.854. The number of hydrogen-bond acceptors (Lipinski definition) is 3. The van der Waals surface area contributed by atoms with E-state index in [1.165, 1.54) is 17.1 Å². The van der Waals surface area contributed by atoms with Crippen LogP contribution >= 0.6 is 15.9 Å². The lowest BCUT2D eigenvalue weighted by Crippen LogP contribution is -1.96. The molecule has 15 heavy (non-hydrogen) atoms. The molecule has 0 saturated carbocycles. The van der Waals surface area contributed by atoms with Crippen molar-refractivity contribution in [3.05, 3.63) is 40.9 Å². The number of rotatable bonds is 2. The SMILES string of the molecule is O=C(O)c1cnn(-c2cncc(Br)c2)c1. The molecule has 0 saturated heterocycles. The Bertz CT molecular complexity index is 510. The first-order chi connectivity index (χ1) is 7.16. The smallest absolute Gasteiger partial charge is 0.338 e. The van der Waals surface area contributed by atoms with Gasteiger partial charge < -0.3 is 5.11 Å². The van der Waals surface area contributed by atoms with E-state index in [1.54, 1.807) is 18.5 Å². The maximum absolute atomic E-state index is 10.6. The minimum absolute atomic E-state index is 0.148. The van der Waals surface area contributed by atoms with Gasteiger partial charge in [0.05, 0.1) is 23.6 Å². The highest BCUT2D eigenvalue weighted by atomic mass is 79.9. The fraction of sp³-hybridized carbons (Fsp3) is 0. The van der Waals surface area contributed by atoms with Crippen LogP contribution in [0.15, 0.2) is 35.3 Å².